The van der Waals surface area contributed by atoms with Crippen molar-refractivity contribution in [3.8, 4) is 11.5 Å². The minimum absolute atomic E-state index is 0.246. The summed E-state index contributed by atoms with van der Waals surface area (Å²) in [6.07, 6.45) is -0.555. The summed E-state index contributed by atoms with van der Waals surface area (Å²) in [7, 11) is 1.60. The third-order valence-corrected chi connectivity index (χ3v) is 5.22. The van der Waals surface area contributed by atoms with Gasteiger partial charge in [-0.3, -0.25) is 0 Å². The predicted molar refractivity (Wildman–Crippen MR) is 117 cm³/mol. The summed E-state index contributed by atoms with van der Waals surface area (Å²) in [6, 6.07) is 20.7. The van der Waals surface area contributed by atoms with Crippen molar-refractivity contribution in [3.05, 3.63) is 93.5 Å². The van der Waals surface area contributed by atoms with Crippen molar-refractivity contribution >= 4 is 23.2 Å². The van der Waals surface area contributed by atoms with Gasteiger partial charge in [0, 0.05) is 28.7 Å². The van der Waals surface area contributed by atoms with Crippen LogP contribution in [0.1, 0.15) is 22.8 Å². The van der Waals surface area contributed by atoms with Gasteiger partial charge in [0.15, 0.2) is 11.5 Å². The molecule has 0 amide bonds. The van der Waals surface area contributed by atoms with Gasteiger partial charge in [-0.05, 0) is 35.4 Å². The van der Waals surface area contributed by atoms with E-state index in [-0.39, 0.29) is 6.61 Å². The summed E-state index contributed by atoms with van der Waals surface area (Å²) in [5.74, 6) is 1.23. The summed E-state index contributed by atoms with van der Waals surface area (Å²) in [6.45, 7) is 1.29. The molecule has 0 fully saturated rings. The highest BCUT2D eigenvalue weighted by Crippen LogP contribution is 2.31. The molecule has 1 atom stereocenters. The lowest BCUT2D eigenvalue weighted by Crippen LogP contribution is -2.21. The molecule has 3 aromatic carbocycles. The van der Waals surface area contributed by atoms with Crippen LogP contribution in [0.15, 0.2) is 66.7 Å². The molecule has 3 rings (SSSR count). The van der Waals surface area contributed by atoms with Crippen LogP contribution in [0.2, 0.25) is 10.0 Å². The molecule has 2 N–H and O–H groups in total. The maximum atomic E-state index is 10.2. The maximum Gasteiger partial charge on any atom is 0.161 e. The summed E-state index contributed by atoms with van der Waals surface area (Å²) in [5, 5.41) is 14.6. The predicted octanol–water partition coefficient (Wildman–Crippen LogP) is 5.40. The summed E-state index contributed by atoms with van der Waals surface area (Å²) < 4.78 is 11.3. The van der Waals surface area contributed by atoms with Crippen LogP contribution in [0.25, 0.3) is 0 Å². The van der Waals surface area contributed by atoms with E-state index in [0.29, 0.717) is 34.6 Å². The molecule has 0 unspecified atom stereocenters. The summed E-state index contributed by atoms with van der Waals surface area (Å²) >= 11 is 12.4. The molecule has 152 valence electrons. The highest BCUT2D eigenvalue weighted by atomic mass is 35.5. The molecular formula is C23H23Cl2NO3. The van der Waals surface area contributed by atoms with E-state index in [0.717, 1.165) is 16.7 Å². The number of nitrogens with one attached hydrogen (secondary N) is 1. The number of hydrogen-bond donors (Lipinski definition) is 2. The Hall–Kier alpha value is -2.24. The molecule has 0 aliphatic rings. The summed E-state index contributed by atoms with van der Waals surface area (Å²) in [4.78, 5) is 0. The van der Waals surface area contributed by atoms with Crippen molar-refractivity contribution < 1.29 is 14.6 Å². The van der Waals surface area contributed by atoms with Gasteiger partial charge < -0.3 is 19.9 Å². The molecular weight excluding hydrogens is 409 g/mol. The lowest BCUT2D eigenvalue weighted by Gasteiger charge is -2.15. The second kappa shape index (κ2) is 10.5. The fraction of sp³-hybridized carbons (Fsp3) is 0.217. The Labute approximate surface area is 181 Å². The van der Waals surface area contributed by atoms with Gasteiger partial charge in [0.2, 0.25) is 0 Å². The Kier molecular flexibility index (Phi) is 7.78. The van der Waals surface area contributed by atoms with Crippen LogP contribution in [0.4, 0.5) is 0 Å². The molecule has 3 aromatic rings. The Bertz CT molecular complexity index is 914. The molecule has 0 radical (unpaired) electrons. The zero-order chi connectivity index (χ0) is 20.6. The smallest absolute Gasteiger partial charge is 0.161 e. The van der Waals surface area contributed by atoms with Crippen molar-refractivity contribution in [2.45, 2.75) is 19.3 Å². The van der Waals surface area contributed by atoms with Gasteiger partial charge in [0.1, 0.15) is 6.61 Å². The van der Waals surface area contributed by atoms with Crippen LogP contribution < -0.4 is 14.8 Å². The van der Waals surface area contributed by atoms with E-state index in [1.807, 2.05) is 48.5 Å². The quantitative estimate of drug-likeness (QED) is 0.475. The molecule has 0 heterocycles. The number of aliphatic hydroxyl groups is 1. The third kappa shape index (κ3) is 5.87. The normalized spacial score (nSPS) is 11.9. The van der Waals surface area contributed by atoms with Crippen LogP contribution in [-0.4, -0.2) is 18.8 Å². The molecule has 0 bridgehead atoms. The van der Waals surface area contributed by atoms with Crippen molar-refractivity contribution in [1.82, 2.24) is 5.32 Å². The first-order valence-corrected chi connectivity index (χ1v) is 10.0. The number of halogens is 2. The lowest BCUT2D eigenvalue weighted by atomic mass is 10.1. The van der Waals surface area contributed by atoms with E-state index in [2.05, 4.69) is 5.32 Å². The molecule has 0 spiro atoms. The fourth-order valence-electron chi connectivity index (χ4n) is 2.91. The Morgan fingerprint density at radius 3 is 2.34 bits per heavy atom. The Balaban J connectivity index is 1.58. The Morgan fingerprint density at radius 1 is 0.931 bits per heavy atom. The van der Waals surface area contributed by atoms with Crippen LogP contribution in [0.5, 0.6) is 11.5 Å². The van der Waals surface area contributed by atoms with Crippen LogP contribution in [-0.2, 0) is 13.2 Å². The van der Waals surface area contributed by atoms with E-state index >= 15 is 0 Å². The SMILES string of the molecule is COc1cc(CNC[C@H](O)c2ccccc2)ccc1OCc1c(Cl)cccc1Cl. The second-order valence-corrected chi connectivity index (χ2v) is 7.35. The molecule has 6 heteroatoms. The highest BCUT2D eigenvalue weighted by Gasteiger charge is 2.11. The first-order chi connectivity index (χ1) is 14.1. The zero-order valence-electron chi connectivity index (χ0n) is 16.1. The largest absolute Gasteiger partial charge is 0.493 e. The van der Waals surface area contributed by atoms with E-state index < -0.39 is 6.10 Å². The third-order valence-electron chi connectivity index (χ3n) is 4.51. The van der Waals surface area contributed by atoms with Gasteiger partial charge in [0.25, 0.3) is 0 Å². The van der Waals surface area contributed by atoms with Crippen molar-refractivity contribution in [2.24, 2.45) is 0 Å². The van der Waals surface area contributed by atoms with E-state index in [1.54, 1.807) is 25.3 Å². The van der Waals surface area contributed by atoms with Crippen molar-refractivity contribution in [2.75, 3.05) is 13.7 Å². The molecule has 0 saturated heterocycles. The molecule has 0 aliphatic carbocycles. The molecule has 0 saturated carbocycles. The van der Waals surface area contributed by atoms with Gasteiger partial charge in [-0.1, -0.05) is 65.7 Å². The van der Waals surface area contributed by atoms with E-state index in [1.165, 1.54) is 0 Å². The standard InChI is InChI=1S/C23H23Cl2NO3/c1-28-23-12-16(13-26-14-21(27)17-6-3-2-4-7-17)10-11-22(23)29-15-18-19(24)8-5-9-20(18)25/h2-12,21,26-27H,13-15H2,1H3/t21-/m0/s1. The van der Waals surface area contributed by atoms with Crippen molar-refractivity contribution in [1.29, 1.82) is 0 Å². The van der Waals surface area contributed by atoms with Gasteiger partial charge in [0.05, 0.1) is 13.2 Å². The average Bonchev–Trinajstić information content (AvgIpc) is 2.74. The van der Waals surface area contributed by atoms with Crippen LogP contribution >= 0.6 is 23.2 Å². The van der Waals surface area contributed by atoms with E-state index in [4.69, 9.17) is 32.7 Å². The average molecular weight is 432 g/mol. The second-order valence-electron chi connectivity index (χ2n) is 6.53. The number of ether oxygens (including phenoxy) is 2. The first kappa shape index (κ1) is 21.5. The maximum absolute atomic E-state index is 10.2. The van der Waals surface area contributed by atoms with Crippen LogP contribution in [0, 0.1) is 0 Å². The number of rotatable bonds is 9. The lowest BCUT2D eigenvalue weighted by molar-refractivity contribution is 0.174. The molecule has 29 heavy (non-hydrogen) atoms. The number of methoxy groups -OCH3 is 1. The monoisotopic (exact) mass is 431 g/mol. The van der Waals surface area contributed by atoms with Crippen LogP contribution in [0.3, 0.4) is 0 Å². The number of aliphatic hydroxyl groups excluding tert-OH is 1. The fourth-order valence-corrected chi connectivity index (χ4v) is 3.41. The topological polar surface area (TPSA) is 50.7 Å². The number of benzene rings is 3. The molecule has 4 nitrogen and oxygen atoms in total. The van der Waals surface area contributed by atoms with Gasteiger partial charge in [-0.15, -0.1) is 0 Å². The van der Waals surface area contributed by atoms with E-state index in [9.17, 15) is 5.11 Å². The highest BCUT2D eigenvalue weighted by molar-refractivity contribution is 6.35. The van der Waals surface area contributed by atoms with Crippen molar-refractivity contribution in [3.63, 3.8) is 0 Å². The molecule has 0 aliphatic heterocycles. The zero-order valence-corrected chi connectivity index (χ0v) is 17.6. The first-order valence-electron chi connectivity index (χ1n) is 9.25. The Morgan fingerprint density at radius 2 is 1.66 bits per heavy atom. The summed E-state index contributed by atoms with van der Waals surface area (Å²) in [5.41, 5.74) is 2.64. The van der Waals surface area contributed by atoms with Gasteiger partial charge in [-0.25, -0.2) is 0 Å². The van der Waals surface area contributed by atoms with Gasteiger partial charge >= 0.3 is 0 Å². The molecule has 0 aromatic heterocycles. The minimum atomic E-state index is -0.555. The number of hydrogen-bond acceptors (Lipinski definition) is 4. The minimum Gasteiger partial charge on any atom is -0.493 e. The van der Waals surface area contributed by atoms with Gasteiger partial charge in [-0.2, -0.15) is 0 Å².